The molecule has 0 aliphatic carbocycles. The zero-order valence-corrected chi connectivity index (χ0v) is 16.4. The number of carbonyl (C=O) groups excluding carboxylic acids is 2. The molecule has 25 heavy (non-hydrogen) atoms. The molecular formula is C19H31ClN2O3. The van der Waals surface area contributed by atoms with Crippen molar-refractivity contribution in [2.45, 2.75) is 52.0 Å². The Bertz CT molecular complexity index is 532. The van der Waals surface area contributed by atoms with Gasteiger partial charge >= 0.3 is 5.97 Å². The van der Waals surface area contributed by atoms with E-state index in [-0.39, 0.29) is 24.2 Å². The standard InChI is InChI=1S/C19H30N2O3.ClH/c1-13(2)12-15-7-9-16(10-8-15)14(3)18(22)21-17(6-5-11-20)19(23)24-4;/h7-10,13-14,17H,5-6,11-12,20H2,1-4H3,(H,21,22);1H. The van der Waals surface area contributed by atoms with Crippen LogP contribution in [0, 0.1) is 5.92 Å². The molecule has 0 heterocycles. The van der Waals surface area contributed by atoms with Crippen LogP contribution >= 0.6 is 12.4 Å². The minimum atomic E-state index is -0.645. The van der Waals surface area contributed by atoms with Gasteiger partial charge in [-0.1, -0.05) is 38.1 Å². The molecule has 0 aliphatic heterocycles. The highest BCUT2D eigenvalue weighted by Gasteiger charge is 2.24. The summed E-state index contributed by atoms with van der Waals surface area (Å²) in [6.07, 6.45) is 2.15. The predicted molar refractivity (Wildman–Crippen MR) is 103 cm³/mol. The second-order valence-corrected chi connectivity index (χ2v) is 6.58. The third-order valence-corrected chi connectivity index (χ3v) is 4.02. The molecule has 1 aromatic rings. The lowest BCUT2D eigenvalue weighted by Gasteiger charge is -2.19. The topological polar surface area (TPSA) is 81.4 Å². The smallest absolute Gasteiger partial charge is 0.328 e. The molecule has 0 aromatic heterocycles. The number of benzene rings is 1. The average molecular weight is 371 g/mol. The van der Waals surface area contributed by atoms with Crippen molar-refractivity contribution in [1.29, 1.82) is 0 Å². The average Bonchev–Trinajstić information content (AvgIpc) is 2.57. The van der Waals surface area contributed by atoms with Gasteiger partial charge in [0.15, 0.2) is 0 Å². The van der Waals surface area contributed by atoms with Gasteiger partial charge in [0, 0.05) is 0 Å². The first kappa shape index (κ1) is 23.4. The number of amides is 1. The van der Waals surface area contributed by atoms with Gasteiger partial charge in [0.2, 0.25) is 5.91 Å². The van der Waals surface area contributed by atoms with Crippen molar-refractivity contribution in [2.75, 3.05) is 13.7 Å². The van der Waals surface area contributed by atoms with Crippen LogP contribution in [-0.4, -0.2) is 31.6 Å². The van der Waals surface area contributed by atoms with E-state index in [1.165, 1.54) is 12.7 Å². The first-order valence-electron chi connectivity index (χ1n) is 8.56. The lowest BCUT2D eigenvalue weighted by Crippen LogP contribution is -2.43. The van der Waals surface area contributed by atoms with Gasteiger partial charge in [-0.15, -0.1) is 12.4 Å². The number of nitrogens with two attached hydrogens (primary N) is 1. The Morgan fingerprint density at radius 1 is 1.16 bits per heavy atom. The fourth-order valence-corrected chi connectivity index (χ4v) is 2.58. The maximum absolute atomic E-state index is 12.4. The molecule has 0 saturated heterocycles. The number of halogens is 1. The molecule has 0 radical (unpaired) electrons. The van der Waals surface area contributed by atoms with Gasteiger partial charge < -0.3 is 15.8 Å². The summed E-state index contributed by atoms with van der Waals surface area (Å²) in [7, 11) is 1.32. The number of methoxy groups -OCH3 is 1. The first-order chi connectivity index (χ1) is 11.4. The van der Waals surface area contributed by atoms with E-state index in [1.807, 2.05) is 19.1 Å². The zero-order chi connectivity index (χ0) is 18.1. The third kappa shape index (κ3) is 7.88. The van der Waals surface area contributed by atoms with E-state index in [9.17, 15) is 9.59 Å². The van der Waals surface area contributed by atoms with Crippen LogP contribution in [0.15, 0.2) is 24.3 Å². The lowest BCUT2D eigenvalue weighted by atomic mass is 9.96. The van der Waals surface area contributed by atoms with E-state index in [0.717, 1.165) is 12.0 Å². The molecule has 0 fully saturated rings. The van der Waals surface area contributed by atoms with Crippen molar-refractivity contribution >= 4 is 24.3 Å². The Labute approximate surface area is 157 Å². The Hall–Kier alpha value is -1.59. The lowest BCUT2D eigenvalue weighted by molar-refractivity contribution is -0.145. The predicted octanol–water partition coefficient (Wildman–Crippen LogP) is 2.81. The molecule has 0 bridgehead atoms. The van der Waals surface area contributed by atoms with Crippen LogP contribution in [0.4, 0.5) is 0 Å². The van der Waals surface area contributed by atoms with Crippen molar-refractivity contribution in [3.63, 3.8) is 0 Å². The quantitative estimate of drug-likeness (QED) is 0.655. The van der Waals surface area contributed by atoms with E-state index in [4.69, 9.17) is 10.5 Å². The second kappa shape index (κ2) is 11.9. The van der Waals surface area contributed by atoms with Gasteiger partial charge in [0.05, 0.1) is 13.0 Å². The van der Waals surface area contributed by atoms with Crippen LogP contribution in [0.2, 0.25) is 0 Å². The Morgan fingerprint density at radius 2 is 1.76 bits per heavy atom. The minimum absolute atomic E-state index is 0. The molecule has 1 rings (SSSR count). The summed E-state index contributed by atoms with van der Waals surface area (Å²) in [5, 5.41) is 2.78. The van der Waals surface area contributed by atoms with Gasteiger partial charge in [-0.05, 0) is 49.8 Å². The Kier molecular flexibility index (Phi) is 11.1. The van der Waals surface area contributed by atoms with Gasteiger partial charge in [0.1, 0.15) is 6.04 Å². The number of nitrogens with one attached hydrogen (secondary N) is 1. The van der Waals surface area contributed by atoms with E-state index < -0.39 is 12.0 Å². The molecule has 0 aliphatic rings. The Balaban J connectivity index is 0.00000576. The summed E-state index contributed by atoms with van der Waals surface area (Å²) in [4.78, 5) is 24.2. The SMILES string of the molecule is COC(=O)C(CCCN)NC(=O)C(C)c1ccc(CC(C)C)cc1.Cl. The molecule has 1 aromatic carbocycles. The van der Waals surface area contributed by atoms with E-state index >= 15 is 0 Å². The highest BCUT2D eigenvalue weighted by atomic mass is 35.5. The molecule has 0 saturated carbocycles. The van der Waals surface area contributed by atoms with Crippen molar-refractivity contribution < 1.29 is 14.3 Å². The molecule has 5 nitrogen and oxygen atoms in total. The summed E-state index contributed by atoms with van der Waals surface area (Å²) in [5.74, 6) is -0.349. The molecule has 142 valence electrons. The van der Waals surface area contributed by atoms with Crippen LogP contribution in [0.3, 0.4) is 0 Å². The minimum Gasteiger partial charge on any atom is -0.467 e. The van der Waals surface area contributed by atoms with Gasteiger partial charge in [0.25, 0.3) is 0 Å². The number of rotatable bonds is 9. The fourth-order valence-electron chi connectivity index (χ4n) is 2.58. The monoisotopic (exact) mass is 370 g/mol. The Morgan fingerprint density at radius 3 is 2.24 bits per heavy atom. The van der Waals surface area contributed by atoms with Crippen molar-refractivity contribution in [3.05, 3.63) is 35.4 Å². The maximum Gasteiger partial charge on any atom is 0.328 e. The first-order valence-corrected chi connectivity index (χ1v) is 8.56. The highest BCUT2D eigenvalue weighted by Crippen LogP contribution is 2.18. The molecule has 0 spiro atoms. The molecule has 3 N–H and O–H groups in total. The van der Waals surface area contributed by atoms with E-state index in [0.29, 0.717) is 25.3 Å². The van der Waals surface area contributed by atoms with Crippen LogP contribution in [0.25, 0.3) is 0 Å². The number of esters is 1. The largest absolute Gasteiger partial charge is 0.467 e. The molecule has 1 amide bonds. The summed E-state index contributed by atoms with van der Waals surface area (Å²) < 4.78 is 4.75. The van der Waals surface area contributed by atoms with Crippen molar-refractivity contribution in [1.82, 2.24) is 5.32 Å². The fraction of sp³-hybridized carbons (Fsp3) is 0.579. The van der Waals surface area contributed by atoms with E-state index in [2.05, 4.69) is 31.3 Å². The van der Waals surface area contributed by atoms with Crippen LogP contribution in [0.1, 0.15) is 50.7 Å². The molecule has 2 atom stereocenters. The summed E-state index contributed by atoms with van der Waals surface area (Å²) in [5.41, 5.74) is 7.68. The zero-order valence-electron chi connectivity index (χ0n) is 15.6. The summed E-state index contributed by atoms with van der Waals surface area (Å²) >= 11 is 0. The van der Waals surface area contributed by atoms with Crippen LogP contribution < -0.4 is 11.1 Å². The van der Waals surface area contributed by atoms with Gasteiger partial charge in [-0.25, -0.2) is 4.79 Å². The second-order valence-electron chi connectivity index (χ2n) is 6.58. The molecular weight excluding hydrogens is 340 g/mol. The maximum atomic E-state index is 12.4. The van der Waals surface area contributed by atoms with Crippen molar-refractivity contribution in [2.24, 2.45) is 11.7 Å². The highest BCUT2D eigenvalue weighted by molar-refractivity contribution is 5.88. The van der Waals surface area contributed by atoms with Gasteiger partial charge in [-0.3, -0.25) is 4.79 Å². The van der Waals surface area contributed by atoms with Crippen LogP contribution in [-0.2, 0) is 20.7 Å². The van der Waals surface area contributed by atoms with Crippen molar-refractivity contribution in [3.8, 4) is 0 Å². The number of ether oxygens (including phenoxy) is 1. The van der Waals surface area contributed by atoms with Gasteiger partial charge in [-0.2, -0.15) is 0 Å². The molecule has 2 unspecified atom stereocenters. The van der Waals surface area contributed by atoms with Crippen LogP contribution in [0.5, 0.6) is 0 Å². The number of hydrogen-bond donors (Lipinski definition) is 2. The third-order valence-electron chi connectivity index (χ3n) is 4.02. The molecule has 6 heteroatoms. The summed E-state index contributed by atoms with van der Waals surface area (Å²) in [6.45, 7) is 6.66. The normalized spacial score (nSPS) is 12.9. The van der Waals surface area contributed by atoms with E-state index in [1.54, 1.807) is 0 Å². The number of carbonyl (C=O) groups is 2. The number of hydrogen-bond acceptors (Lipinski definition) is 4. The summed E-state index contributed by atoms with van der Waals surface area (Å²) in [6, 6.07) is 7.44.